The molecule has 3 N–H and O–H groups in total. The molecule has 0 heterocycles. The topological polar surface area (TPSA) is 78.7 Å². The smallest absolute Gasteiger partial charge is 0.239 e. The van der Waals surface area contributed by atoms with E-state index < -0.39 is 0 Å². The Labute approximate surface area is 138 Å². The van der Waals surface area contributed by atoms with Crippen molar-refractivity contribution in [2.45, 2.75) is 19.9 Å². The molecule has 0 atom stereocenters. The van der Waals surface area contributed by atoms with Gasteiger partial charge in [0.1, 0.15) is 0 Å². The van der Waals surface area contributed by atoms with Gasteiger partial charge in [-0.25, -0.2) is 0 Å². The maximum absolute atomic E-state index is 12.3. The predicted octanol–water partition coefficient (Wildman–Crippen LogP) is 0.432. The number of amides is 2. The summed E-state index contributed by atoms with van der Waals surface area (Å²) in [6, 6.07) is 9.96. The number of nitrogens with two attached hydrogens (primary N) is 1. The van der Waals surface area contributed by atoms with Crippen LogP contribution >= 0.6 is 0 Å². The minimum Gasteiger partial charge on any atom is -0.355 e. The number of carbonyl (C=O) groups excluding carboxylic acids is 2. The van der Waals surface area contributed by atoms with Crippen LogP contribution in [0.2, 0.25) is 0 Å². The number of nitrogens with one attached hydrogen (secondary N) is 1. The quantitative estimate of drug-likeness (QED) is 0.655. The summed E-state index contributed by atoms with van der Waals surface area (Å²) in [6.07, 6.45) is 0.880. The summed E-state index contributed by atoms with van der Waals surface area (Å²) in [4.78, 5) is 27.4. The molecule has 0 fully saturated rings. The third-order valence-corrected chi connectivity index (χ3v) is 3.43. The number of hydrogen-bond acceptors (Lipinski definition) is 4. The lowest BCUT2D eigenvalue weighted by molar-refractivity contribution is -0.135. The fourth-order valence-electron chi connectivity index (χ4n) is 2.17. The zero-order valence-electron chi connectivity index (χ0n) is 14.1. The Balaban J connectivity index is 2.51. The summed E-state index contributed by atoms with van der Waals surface area (Å²) in [5.41, 5.74) is 6.78. The molecule has 0 aliphatic heterocycles. The van der Waals surface area contributed by atoms with Gasteiger partial charge in [0.15, 0.2) is 0 Å². The highest BCUT2D eigenvalue weighted by Crippen LogP contribution is 2.04. The SMILES string of the molecule is CCCNC(=O)CN(C)C(=O)CN(CCN)Cc1ccccc1. The molecule has 0 radical (unpaired) electrons. The molecule has 6 nitrogen and oxygen atoms in total. The zero-order valence-corrected chi connectivity index (χ0v) is 14.1. The van der Waals surface area contributed by atoms with E-state index in [1.165, 1.54) is 4.90 Å². The van der Waals surface area contributed by atoms with Gasteiger partial charge >= 0.3 is 0 Å². The van der Waals surface area contributed by atoms with Gasteiger partial charge in [-0.2, -0.15) is 0 Å². The Hall–Kier alpha value is -1.92. The Morgan fingerprint density at radius 1 is 1.17 bits per heavy atom. The van der Waals surface area contributed by atoms with Crippen molar-refractivity contribution in [1.29, 1.82) is 0 Å². The van der Waals surface area contributed by atoms with Crippen molar-refractivity contribution < 1.29 is 9.59 Å². The van der Waals surface area contributed by atoms with E-state index in [1.807, 2.05) is 42.2 Å². The van der Waals surface area contributed by atoms with Gasteiger partial charge in [-0.15, -0.1) is 0 Å². The van der Waals surface area contributed by atoms with Gasteiger partial charge in [-0.05, 0) is 12.0 Å². The van der Waals surface area contributed by atoms with E-state index in [9.17, 15) is 9.59 Å². The van der Waals surface area contributed by atoms with Gasteiger partial charge in [-0.3, -0.25) is 14.5 Å². The summed E-state index contributed by atoms with van der Waals surface area (Å²) in [7, 11) is 1.65. The Morgan fingerprint density at radius 3 is 2.48 bits per heavy atom. The summed E-state index contributed by atoms with van der Waals surface area (Å²) < 4.78 is 0. The number of benzene rings is 1. The van der Waals surface area contributed by atoms with Gasteiger partial charge in [-0.1, -0.05) is 37.3 Å². The Kier molecular flexibility index (Phi) is 8.94. The van der Waals surface area contributed by atoms with Gasteiger partial charge in [0.05, 0.1) is 13.1 Å². The molecule has 2 amide bonds. The number of nitrogens with zero attached hydrogens (tertiary/aromatic N) is 2. The molecule has 0 aliphatic rings. The van der Waals surface area contributed by atoms with Crippen molar-refractivity contribution in [2.75, 3.05) is 39.8 Å². The molecule has 0 aliphatic carbocycles. The van der Waals surface area contributed by atoms with E-state index in [0.29, 0.717) is 26.2 Å². The van der Waals surface area contributed by atoms with Crippen LogP contribution in [-0.2, 0) is 16.1 Å². The molecule has 0 saturated heterocycles. The fraction of sp³-hybridized carbons (Fsp3) is 0.529. The normalized spacial score (nSPS) is 10.6. The van der Waals surface area contributed by atoms with Gasteiger partial charge < -0.3 is 16.0 Å². The third kappa shape index (κ3) is 7.76. The molecular weight excluding hydrogens is 292 g/mol. The fourth-order valence-corrected chi connectivity index (χ4v) is 2.17. The van der Waals surface area contributed by atoms with E-state index in [0.717, 1.165) is 12.0 Å². The van der Waals surface area contributed by atoms with Crippen molar-refractivity contribution in [3.63, 3.8) is 0 Å². The molecule has 0 aromatic heterocycles. The van der Waals surface area contributed by atoms with Gasteiger partial charge in [0.25, 0.3) is 0 Å². The second-order valence-corrected chi connectivity index (χ2v) is 5.58. The molecule has 128 valence electrons. The standard InChI is InChI=1S/C17H28N4O2/c1-3-10-19-16(22)13-20(2)17(23)14-21(11-9-18)12-15-7-5-4-6-8-15/h4-8H,3,9-14,18H2,1-2H3,(H,19,22). The van der Waals surface area contributed by atoms with Crippen molar-refractivity contribution in [1.82, 2.24) is 15.1 Å². The van der Waals surface area contributed by atoms with Crippen molar-refractivity contribution >= 4 is 11.8 Å². The molecule has 1 aromatic rings. The molecule has 0 saturated carbocycles. The minimum absolute atomic E-state index is 0.0824. The van der Waals surface area contributed by atoms with Crippen LogP contribution in [0.1, 0.15) is 18.9 Å². The van der Waals surface area contributed by atoms with Crippen molar-refractivity contribution in [2.24, 2.45) is 5.73 Å². The van der Waals surface area contributed by atoms with E-state index in [-0.39, 0.29) is 24.9 Å². The highest BCUT2D eigenvalue weighted by atomic mass is 16.2. The Morgan fingerprint density at radius 2 is 1.87 bits per heavy atom. The first kappa shape index (κ1) is 19.1. The van der Waals surface area contributed by atoms with E-state index in [2.05, 4.69) is 5.32 Å². The molecule has 23 heavy (non-hydrogen) atoms. The highest BCUT2D eigenvalue weighted by molar-refractivity contribution is 5.85. The van der Waals surface area contributed by atoms with E-state index >= 15 is 0 Å². The minimum atomic E-state index is -0.129. The molecule has 0 unspecified atom stereocenters. The Bertz CT molecular complexity index is 479. The van der Waals surface area contributed by atoms with Crippen LogP contribution < -0.4 is 11.1 Å². The molecular formula is C17H28N4O2. The average molecular weight is 320 g/mol. The first-order valence-corrected chi connectivity index (χ1v) is 8.03. The van der Waals surface area contributed by atoms with Crippen LogP contribution in [0.15, 0.2) is 30.3 Å². The summed E-state index contributed by atoms with van der Waals surface area (Å²) in [6.45, 7) is 4.75. The number of hydrogen-bond donors (Lipinski definition) is 2. The van der Waals surface area contributed by atoms with E-state index in [4.69, 9.17) is 5.73 Å². The molecule has 6 heteroatoms. The lowest BCUT2D eigenvalue weighted by Gasteiger charge is -2.24. The lowest BCUT2D eigenvalue weighted by atomic mass is 10.2. The zero-order chi connectivity index (χ0) is 17.1. The lowest BCUT2D eigenvalue weighted by Crippen LogP contribution is -2.44. The van der Waals surface area contributed by atoms with Crippen LogP contribution in [0.25, 0.3) is 0 Å². The van der Waals surface area contributed by atoms with Crippen LogP contribution in [0.3, 0.4) is 0 Å². The number of carbonyl (C=O) groups is 2. The summed E-state index contributed by atoms with van der Waals surface area (Å²) in [5.74, 6) is -0.211. The predicted molar refractivity (Wildman–Crippen MR) is 91.7 cm³/mol. The third-order valence-electron chi connectivity index (χ3n) is 3.43. The molecule has 1 aromatic carbocycles. The average Bonchev–Trinajstić information content (AvgIpc) is 2.54. The van der Waals surface area contributed by atoms with E-state index in [1.54, 1.807) is 7.05 Å². The highest BCUT2D eigenvalue weighted by Gasteiger charge is 2.16. The second-order valence-electron chi connectivity index (χ2n) is 5.58. The first-order valence-electron chi connectivity index (χ1n) is 8.03. The number of likely N-dealkylation sites (N-methyl/N-ethyl adjacent to an activating group) is 1. The largest absolute Gasteiger partial charge is 0.355 e. The summed E-state index contributed by atoms with van der Waals surface area (Å²) >= 11 is 0. The second kappa shape index (κ2) is 10.7. The summed E-state index contributed by atoms with van der Waals surface area (Å²) in [5, 5.41) is 2.77. The van der Waals surface area contributed by atoms with Crippen LogP contribution in [0, 0.1) is 0 Å². The number of rotatable bonds is 10. The maximum atomic E-state index is 12.3. The van der Waals surface area contributed by atoms with Gasteiger partial charge in [0.2, 0.25) is 11.8 Å². The van der Waals surface area contributed by atoms with Crippen molar-refractivity contribution in [3.8, 4) is 0 Å². The first-order chi connectivity index (χ1) is 11.1. The molecule has 0 bridgehead atoms. The van der Waals surface area contributed by atoms with Crippen molar-refractivity contribution in [3.05, 3.63) is 35.9 Å². The molecule has 1 rings (SSSR count). The maximum Gasteiger partial charge on any atom is 0.239 e. The van der Waals surface area contributed by atoms with Crippen LogP contribution in [0.4, 0.5) is 0 Å². The monoisotopic (exact) mass is 320 g/mol. The van der Waals surface area contributed by atoms with Crippen LogP contribution in [-0.4, -0.2) is 61.4 Å². The van der Waals surface area contributed by atoms with Gasteiger partial charge in [0, 0.05) is 33.2 Å². The molecule has 0 spiro atoms. The van der Waals surface area contributed by atoms with Crippen LogP contribution in [0.5, 0.6) is 0 Å².